The Morgan fingerprint density at radius 3 is 1.87 bits per heavy atom. The average Bonchev–Trinajstić information content (AvgIpc) is 3.72. The molecule has 0 amide bonds. The van der Waals surface area contributed by atoms with Crippen molar-refractivity contribution in [2.75, 3.05) is 0 Å². The minimum atomic E-state index is 1.20. The van der Waals surface area contributed by atoms with Gasteiger partial charge in [-0.15, -0.1) is 11.3 Å². The van der Waals surface area contributed by atoms with Gasteiger partial charge in [0, 0.05) is 58.2 Å². The fraction of sp³-hybridized carbons (Fsp3) is 0. The lowest BCUT2D eigenvalue weighted by molar-refractivity contribution is 1.19. The molecule has 0 spiro atoms. The Morgan fingerprint density at radius 2 is 1.03 bits per heavy atom. The summed E-state index contributed by atoms with van der Waals surface area (Å²) in [6.45, 7) is 0. The third-order valence-corrected chi connectivity index (χ3v) is 9.78. The van der Waals surface area contributed by atoms with Gasteiger partial charge < -0.3 is 8.97 Å². The summed E-state index contributed by atoms with van der Waals surface area (Å²) >= 11 is 1.88. The van der Waals surface area contributed by atoms with Gasteiger partial charge >= 0.3 is 0 Å². The van der Waals surface area contributed by atoms with Crippen molar-refractivity contribution in [3.63, 3.8) is 0 Å². The molecule has 0 aliphatic carbocycles. The molecule has 39 heavy (non-hydrogen) atoms. The molecule has 0 saturated carbocycles. The molecule has 6 aromatic carbocycles. The van der Waals surface area contributed by atoms with E-state index in [9.17, 15) is 0 Å². The number of fused-ring (bicyclic) bond motifs is 13. The van der Waals surface area contributed by atoms with Crippen LogP contribution in [0.15, 0.2) is 121 Å². The predicted molar refractivity (Wildman–Crippen MR) is 168 cm³/mol. The largest absolute Gasteiger partial charge is 0.308 e. The standard InChI is InChI=1S/C36H20N2S/c1-4-13-29-23(9-1)27-18-19-33-34(28-10-3-6-15-32(28)39-33)36(27)37(29)21-16-17-24-26-12-7-11-25-22-8-2-5-14-30(22)38(35(25)26)31(24)20-21/h1-20H. The summed E-state index contributed by atoms with van der Waals surface area (Å²) in [5.74, 6) is 0. The number of nitrogens with zero attached hydrogens (tertiary/aromatic N) is 2. The van der Waals surface area contributed by atoms with E-state index in [2.05, 4.69) is 130 Å². The second kappa shape index (κ2) is 6.96. The average molecular weight is 513 g/mol. The van der Waals surface area contributed by atoms with Crippen LogP contribution in [0.4, 0.5) is 0 Å². The molecule has 0 fully saturated rings. The first-order valence-corrected chi connectivity index (χ1v) is 14.2. The third kappa shape index (κ3) is 2.38. The van der Waals surface area contributed by atoms with Crippen LogP contribution in [-0.4, -0.2) is 8.97 Å². The highest BCUT2D eigenvalue weighted by atomic mass is 32.1. The highest BCUT2D eigenvalue weighted by Gasteiger charge is 2.20. The smallest absolute Gasteiger partial charge is 0.0634 e. The number of benzene rings is 6. The number of thiophene rings is 1. The Labute approximate surface area is 226 Å². The van der Waals surface area contributed by atoms with Gasteiger partial charge in [0.1, 0.15) is 0 Å². The summed E-state index contributed by atoms with van der Waals surface area (Å²) in [5.41, 5.74) is 7.58. The molecular weight excluding hydrogens is 492 g/mol. The molecule has 4 heterocycles. The third-order valence-electron chi connectivity index (χ3n) is 8.64. The van der Waals surface area contributed by atoms with E-state index >= 15 is 0 Å². The van der Waals surface area contributed by atoms with Crippen molar-refractivity contribution in [1.82, 2.24) is 8.97 Å². The molecule has 0 aliphatic rings. The molecule has 0 saturated heterocycles. The molecule has 0 radical (unpaired) electrons. The Bertz CT molecular complexity index is 2610. The molecule has 0 atom stereocenters. The SMILES string of the molecule is c1ccc2c(c1)sc1ccc3c4ccccc4n(-c4ccc5c6cccc7c8ccccc8n(c5c4)c76)c3c12. The summed E-state index contributed by atoms with van der Waals surface area (Å²) in [6, 6.07) is 44.9. The maximum absolute atomic E-state index is 2.50. The highest BCUT2D eigenvalue weighted by Crippen LogP contribution is 2.44. The number of aromatic nitrogens is 2. The van der Waals surface area contributed by atoms with Crippen LogP contribution in [0, 0.1) is 0 Å². The van der Waals surface area contributed by atoms with Crippen LogP contribution in [0.1, 0.15) is 0 Å². The maximum atomic E-state index is 2.50. The fourth-order valence-electron chi connectivity index (χ4n) is 7.09. The van der Waals surface area contributed by atoms with Gasteiger partial charge in [-0.05, 0) is 36.4 Å². The van der Waals surface area contributed by atoms with Crippen molar-refractivity contribution in [1.29, 1.82) is 0 Å². The van der Waals surface area contributed by atoms with Crippen LogP contribution < -0.4 is 0 Å². The first kappa shape index (κ1) is 20.1. The fourth-order valence-corrected chi connectivity index (χ4v) is 8.20. The molecule has 0 bridgehead atoms. The summed E-state index contributed by atoms with van der Waals surface area (Å²) in [7, 11) is 0. The van der Waals surface area contributed by atoms with Gasteiger partial charge in [-0.1, -0.05) is 84.9 Å². The van der Waals surface area contributed by atoms with E-state index in [0.29, 0.717) is 0 Å². The van der Waals surface area contributed by atoms with E-state index in [1.807, 2.05) is 11.3 Å². The monoisotopic (exact) mass is 512 g/mol. The van der Waals surface area contributed by atoms with Gasteiger partial charge in [-0.25, -0.2) is 0 Å². The van der Waals surface area contributed by atoms with Crippen LogP contribution >= 0.6 is 11.3 Å². The Balaban J connectivity index is 1.42. The molecular formula is C36H20N2S. The maximum Gasteiger partial charge on any atom is 0.0634 e. The second-order valence-corrected chi connectivity index (χ2v) is 11.6. The van der Waals surface area contributed by atoms with E-state index in [1.165, 1.54) is 85.8 Å². The van der Waals surface area contributed by atoms with Crippen molar-refractivity contribution < 1.29 is 0 Å². The lowest BCUT2D eigenvalue weighted by atomic mass is 10.1. The topological polar surface area (TPSA) is 9.34 Å². The minimum Gasteiger partial charge on any atom is -0.308 e. The van der Waals surface area contributed by atoms with Crippen molar-refractivity contribution in [3.8, 4) is 5.69 Å². The second-order valence-electron chi connectivity index (χ2n) is 10.5. The first-order chi connectivity index (χ1) is 19.4. The normalized spacial score (nSPS) is 12.6. The van der Waals surface area contributed by atoms with Gasteiger partial charge in [0.15, 0.2) is 0 Å². The molecule has 3 heteroatoms. The highest BCUT2D eigenvalue weighted by molar-refractivity contribution is 7.26. The molecule has 0 N–H and O–H groups in total. The molecule has 180 valence electrons. The van der Waals surface area contributed by atoms with Crippen LogP contribution in [-0.2, 0) is 0 Å². The minimum absolute atomic E-state index is 1.20. The lowest BCUT2D eigenvalue weighted by Crippen LogP contribution is -1.94. The first-order valence-electron chi connectivity index (χ1n) is 13.4. The number of hydrogen-bond donors (Lipinski definition) is 0. The van der Waals surface area contributed by atoms with E-state index in [-0.39, 0.29) is 0 Å². The summed E-state index contributed by atoms with van der Waals surface area (Å²) in [5, 5.41) is 10.5. The van der Waals surface area contributed by atoms with Crippen molar-refractivity contribution >= 4 is 91.4 Å². The lowest BCUT2D eigenvalue weighted by Gasteiger charge is -2.10. The zero-order valence-corrected chi connectivity index (χ0v) is 21.7. The zero-order chi connectivity index (χ0) is 25.2. The predicted octanol–water partition coefficient (Wildman–Crippen LogP) is 10.3. The van der Waals surface area contributed by atoms with Crippen molar-refractivity contribution in [2.45, 2.75) is 0 Å². The van der Waals surface area contributed by atoms with E-state index in [4.69, 9.17) is 0 Å². The molecule has 10 aromatic rings. The van der Waals surface area contributed by atoms with Crippen molar-refractivity contribution in [3.05, 3.63) is 121 Å². The van der Waals surface area contributed by atoms with Crippen LogP contribution in [0.25, 0.3) is 85.8 Å². The van der Waals surface area contributed by atoms with E-state index in [1.54, 1.807) is 0 Å². The molecule has 0 aliphatic heterocycles. The molecule has 10 rings (SSSR count). The van der Waals surface area contributed by atoms with Gasteiger partial charge in [-0.3, -0.25) is 0 Å². The van der Waals surface area contributed by atoms with Gasteiger partial charge in [-0.2, -0.15) is 0 Å². The van der Waals surface area contributed by atoms with Crippen LogP contribution in [0.3, 0.4) is 0 Å². The number of rotatable bonds is 1. The van der Waals surface area contributed by atoms with Crippen LogP contribution in [0.5, 0.6) is 0 Å². The Kier molecular flexibility index (Phi) is 3.59. The summed E-state index contributed by atoms with van der Waals surface area (Å²) in [4.78, 5) is 0. The zero-order valence-electron chi connectivity index (χ0n) is 20.8. The van der Waals surface area contributed by atoms with Crippen molar-refractivity contribution in [2.24, 2.45) is 0 Å². The number of para-hydroxylation sites is 3. The van der Waals surface area contributed by atoms with Gasteiger partial charge in [0.25, 0.3) is 0 Å². The van der Waals surface area contributed by atoms with E-state index < -0.39 is 0 Å². The Morgan fingerprint density at radius 1 is 0.410 bits per heavy atom. The summed E-state index contributed by atoms with van der Waals surface area (Å²) in [6.07, 6.45) is 0. The van der Waals surface area contributed by atoms with Gasteiger partial charge in [0.2, 0.25) is 0 Å². The molecule has 0 unspecified atom stereocenters. The molecule has 4 aromatic heterocycles. The molecule has 2 nitrogen and oxygen atoms in total. The Hall–Kier alpha value is -4.86. The van der Waals surface area contributed by atoms with Gasteiger partial charge in [0.05, 0.1) is 27.6 Å². The number of hydrogen-bond acceptors (Lipinski definition) is 1. The quantitative estimate of drug-likeness (QED) is 0.207. The van der Waals surface area contributed by atoms with E-state index in [0.717, 1.165) is 0 Å². The summed E-state index contributed by atoms with van der Waals surface area (Å²) < 4.78 is 7.64. The van der Waals surface area contributed by atoms with Crippen LogP contribution in [0.2, 0.25) is 0 Å².